The Labute approximate surface area is 89.2 Å². The fraction of sp³-hybridized carbons (Fsp3) is 0.364. The Bertz CT molecular complexity index is 360. The number of fused-ring (bicyclic) bond motifs is 1. The van der Waals surface area contributed by atoms with E-state index in [0.29, 0.717) is 5.88 Å². The van der Waals surface area contributed by atoms with Crippen LogP contribution in [0.2, 0.25) is 0 Å². The van der Waals surface area contributed by atoms with Crippen molar-refractivity contribution in [2.45, 2.75) is 6.92 Å². The van der Waals surface area contributed by atoms with E-state index in [0.717, 1.165) is 24.5 Å². The van der Waals surface area contributed by atoms with Gasteiger partial charge in [0, 0.05) is 18.1 Å². The molecule has 14 heavy (non-hydrogen) atoms. The zero-order valence-corrected chi connectivity index (χ0v) is 8.96. The number of nitrogens with zero attached hydrogens (tertiary/aromatic N) is 2. The van der Waals surface area contributed by atoms with Gasteiger partial charge < -0.3 is 4.90 Å². The van der Waals surface area contributed by atoms with Gasteiger partial charge in [-0.3, -0.25) is 4.99 Å². The molecule has 74 valence electrons. The highest BCUT2D eigenvalue weighted by atomic mass is 35.5. The van der Waals surface area contributed by atoms with E-state index in [1.807, 2.05) is 18.2 Å². The molecule has 0 fully saturated rings. The Kier molecular flexibility index (Phi) is 2.73. The summed E-state index contributed by atoms with van der Waals surface area (Å²) in [5.41, 5.74) is 3.40. The van der Waals surface area contributed by atoms with Crippen molar-refractivity contribution in [3.63, 3.8) is 0 Å². The molecule has 0 aromatic heterocycles. The maximum absolute atomic E-state index is 5.77. The van der Waals surface area contributed by atoms with Crippen LogP contribution in [0.3, 0.4) is 0 Å². The monoisotopic (exact) mass is 208 g/mol. The van der Waals surface area contributed by atoms with E-state index in [9.17, 15) is 0 Å². The number of halogens is 1. The van der Waals surface area contributed by atoms with Crippen molar-refractivity contribution in [1.82, 2.24) is 0 Å². The van der Waals surface area contributed by atoms with Crippen LogP contribution in [0.4, 0.5) is 11.4 Å². The lowest BCUT2D eigenvalue weighted by molar-refractivity contribution is 0.914. The van der Waals surface area contributed by atoms with Crippen LogP contribution in [0.15, 0.2) is 29.3 Å². The van der Waals surface area contributed by atoms with Crippen LogP contribution in [0.5, 0.6) is 0 Å². The van der Waals surface area contributed by atoms with Crippen LogP contribution in [0, 0.1) is 0 Å². The number of anilines is 1. The van der Waals surface area contributed by atoms with Crippen molar-refractivity contribution in [3.8, 4) is 0 Å². The van der Waals surface area contributed by atoms with E-state index < -0.39 is 0 Å². The van der Waals surface area contributed by atoms with E-state index >= 15 is 0 Å². The van der Waals surface area contributed by atoms with Gasteiger partial charge in [-0.05, 0) is 19.1 Å². The minimum absolute atomic E-state index is 0.654. The molecule has 1 aromatic rings. The van der Waals surface area contributed by atoms with E-state index in [2.05, 4.69) is 22.9 Å². The Balaban J connectivity index is 2.37. The highest BCUT2D eigenvalue weighted by molar-refractivity contribution is 6.18. The topological polar surface area (TPSA) is 15.6 Å². The molecule has 0 aliphatic carbocycles. The van der Waals surface area contributed by atoms with Gasteiger partial charge in [0.2, 0.25) is 0 Å². The molecule has 0 N–H and O–H groups in total. The summed E-state index contributed by atoms with van der Waals surface area (Å²) in [7, 11) is 0. The number of hydrogen-bond donors (Lipinski definition) is 0. The van der Waals surface area contributed by atoms with Crippen molar-refractivity contribution in [1.29, 1.82) is 0 Å². The summed E-state index contributed by atoms with van der Waals surface area (Å²) in [4.78, 5) is 6.78. The standard InChI is InChI=1S/C11H13ClN2/c1-9-8-14(7-6-12)11-5-3-2-4-10(11)13-9/h2-5H,6-8H2,1H3. The number of para-hydroxylation sites is 2. The minimum atomic E-state index is 0.654. The van der Waals surface area contributed by atoms with Gasteiger partial charge >= 0.3 is 0 Å². The van der Waals surface area contributed by atoms with E-state index in [1.165, 1.54) is 5.69 Å². The Morgan fingerprint density at radius 2 is 2.21 bits per heavy atom. The summed E-state index contributed by atoms with van der Waals surface area (Å²) in [6.07, 6.45) is 0. The molecule has 0 saturated carbocycles. The van der Waals surface area contributed by atoms with Crippen molar-refractivity contribution in [3.05, 3.63) is 24.3 Å². The van der Waals surface area contributed by atoms with Gasteiger partial charge in [-0.2, -0.15) is 0 Å². The van der Waals surface area contributed by atoms with Crippen molar-refractivity contribution >= 4 is 28.7 Å². The highest BCUT2D eigenvalue weighted by Crippen LogP contribution is 2.31. The van der Waals surface area contributed by atoms with Crippen LogP contribution < -0.4 is 4.90 Å². The van der Waals surface area contributed by atoms with Gasteiger partial charge in [-0.25, -0.2) is 0 Å². The van der Waals surface area contributed by atoms with Crippen LogP contribution in [-0.4, -0.2) is 24.7 Å². The second kappa shape index (κ2) is 4.01. The van der Waals surface area contributed by atoms with Gasteiger partial charge in [0.25, 0.3) is 0 Å². The lowest BCUT2D eigenvalue weighted by atomic mass is 10.2. The summed E-state index contributed by atoms with van der Waals surface area (Å²) >= 11 is 5.77. The molecule has 1 aliphatic rings. The third kappa shape index (κ3) is 1.75. The smallest absolute Gasteiger partial charge is 0.0863 e. The predicted molar refractivity (Wildman–Crippen MR) is 62.1 cm³/mol. The molecular formula is C11H13ClN2. The molecule has 0 bridgehead atoms. The quantitative estimate of drug-likeness (QED) is 0.683. The Hall–Kier alpha value is -1.02. The molecule has 0 radical (unpaired) electrons. The van der Waals surface area contributed by atoms with Gasteiger partial charge in [-0.1, -0.05) is 12.1 Å². The zero-order valence-electron chi connectivity index (χ0n) is 8.20. The van der Waals surface area contributed by atoms with Crippen LogP contribution in [-0.2, 0) is 0 Å². The van der Waals surface area contributed by atoms with Crippen molar-refractivity contribution in [2.75, 3.05) is 23.9 Å². The van der Waals surface area contributed by atoms with E-state index in [1.54, 1.807) is 0 Å². The van der Waals surface area contributed by atoms with Crippen LogP contribution in [0.1, 0.15) is 6.92 Å². The van der Waals surface area contributed by atoms with Gasteiger partial charge in [0.05, 0.1) is 17.9 Å². The predicted octanol–water partition coefficient (Wildman–Crippen LogP) is 2.84. The first-order valence-electron chi connectivity index (χ1n) is 4.75. The summed E-state index contributed by atoms with van der Waals surface area (Å²) in [6, 6.07) is 8.19. The van der Waals surface area contributed by atoms with E-state index in [4.69, 9.17) is 11.6 Å². The molecule has 0 atom stereocenters. The van der Waals surface area contributed by atoms with Gasteiger partial charge in [-0.15, -0.1) is 11.6 Å². The third-order valence-electron chi connectivity index (χ3n) is 2.31. The summed E-state index contributed by atoms with van der Waals surface area (Å²) in [6.45, 7) is 3.83. The molecule has 0 amide bonds. The first kappa shape index (κ1) is 9.53. The van der Waals surface area contributed by atoms with Crippen molar-refractivity contribution < 1.29 is 0 Å². The first-order valence-corrected chi connectivity index (χ1v) is 5.29. The zero-order chi connectivity index (χ0) is 9.97. The maximum Gasteiger partial charge on any atom is 0.0863 e. The minimum Gasteiger partial charge on any atom is -0.363 e. The van der Waals surface area contributed by atoms with Crippen molar-refractivity contribution in [2.24, 2.45) is 4.99 Å². The summed E-state index contributed by atoms with van der Waals surface area (Å²) < 4.78 is 0. The first-order chi connectivity index (χ1) is 6.81. The fourth-order valence-corrected chi connectivity index (χ4v) is 1.93. The van der Waals surface area contributed by atoms with Crippen LogP contribution in [0.25, 0.3) is 0 Å². The highest BCUT2D eigenvalue weighted by Gasteiger charge is 2.15. The molecule has 1 aromatic carbocycles. The molecule has 0 saturated heterocycles. The Morgan fingerprint density at radius 1 is 1.43 bits per heavy atom. The average molecular weight is 209 g/mol. The maximum atomic E-state index is 5.77. The summed E-state index contributed by atoms with van der Waals surface area (Å²) in [5.74, 6) is 0.654. The van der Waals surface area contributed by atoms with Gasteiger partial charge in [0.15, 0.2) is 0 Å². The molecule has 2 rings (SSSR count). The molecule has 3 heteroatoms. The number of hydrogen-bond acceptors (Lipinski definition) is 2. The molecule has 1 heterocycles. The molecular weight excluding hydrogens is 196 g/mol. The third-order valence-corrected chi connectivity index (χ3v) is 2.48. The number of aliphatic imine (C=N–C) groups is 1. The summed E-state index contributed by atoms with van der Waals surface area (Å²) in [5, 5.41) is 0. The number of alkyl halides is 1. The average Bonchev–Trinajstić information content (AvgIpc) is 2.18. The second-order valence-corrected chi connectivity index (χ2v) is 3.82. The normalized spacial score (nSPS) is 15.0. The lowest BCUT2D eigenvalue weighted by Gasteiger charge is -2.28. The van der Waals surface area contributed by atoms with Crippen LogP contribution >= 0.6 is 11.6 Å². The van der Waals surface area contributed by atoms with E-state index in [-0.39, 0.29) is 0 Å². The lowest BCUT2D eigenvalue weighted by Crippen LogP contribution is -2.32. The molecule has 0 unspecified atom stereocenters. The molecule has 2 nitrogen and oxygen atoms in total. The second-order valence-electron chi connectivity index (χ2n) is 3.45. The molecule has 0 spiro atoms. The largest absolute Gasteiger partial charge is 0.363 e. The number of rotatable bonds is 2. The van der Waals surface area contributed by atoms with Gasteiger partial charge in [0.1, 0.15) is 0 Å². The Morgan fingerprint density at radius 3 is 3.00 bits per heavy atom. The fourth-order valence-electron chi connectivity index (χ4n) is 1.73. The molecule has 1 aliphatic heterocycles. The number of benzene rings is 1. The SMILES string of the molecule is CC1=Nc2ccccc2N(CCCl)C1.